The molecule has 176 valence electrons. The van der Waals surface area contributed by atoms with Gasteiger partial charge in [-0.2, -0.15) is 0 Å². The molecule has 0 saturated heterocycles. The predicted molar refractivity (Wildman–Crippen MR) is 124 cm³/mol. The molecule has 0 bridgehead atoms. The summed E-state index contributed by atoms with van der Waals surface area (Å²) >= 11 is 0. The Morgan fingerprint density at radius 2 is 1.51 bits per heavy atom. The normalized spacial score (nSPS) is 11.9. The number of benzene rings is 3. The third kappa shape index (κ3) is 4.84. The summed E-state index contributed by atoms with van der Waals surface area (Å²) in [6.45, 7) is -0.283. The van der Waals surface area contributed by atoms with Crippen LogP contribution in [0.5, 0.6) is 0 Å². The van der Waals surface area contributed by atoms with E-state index >= 15 is 0 Å². The van der Waals surface area contributed by atoms with Gasteiger partial charge in [-0.1, -0.05) is 54.6 Å². The maximum Gasteiger partial charge on any atom is 0.345 e. The van der Waals surface area contributed by atoms with E-state index in [0.29, 0.717) is 13.0 Å². The molecule has 0 fully saturated rings. The van der Waals surface area contributed by atoms with Crippen LogP contribution >= 0.6 is 0 Å². The van der Waals surface area contributed by atoms with E-state index in [1.54, 1.807) is 6.07 Å². The lowest BCUT2D eigenvalue weighted by Crippen LogP contribution is -2.30. The molecule has 4 rings (SSSR count). The number of ether oxygens (including phenoxy) is 1. The van der Waals surface area contributed by atoms with Crippen LogP contribution < -0.4 is 5.32 Å². The fourth-order valence-corrected chi connectivity index (χ4v) is 3.95. The van der Waals surface area contributed by atoms with Crippen LogP contribution in [0.25, 0.3) is 0 Å². The molecule has 1 N–H and O–H groups in total. The van der Waals surface area contributed by atoms with Gasteiger partial charge in [-0.15, -0.1) is 0 Å². The van der Waals surface area contributed by atoms with Crippen molar-refractivity contribution >= 4 is 29.1 Å². The fraction of sp³-hybridized carbons (Fsp3) is 0.154. The average Bonchev–Trinajstić information content (AvgIpc) is 2.88. The van der Waals surface area contributed by atoms with E-state index in [0.717, 1.165) is 18.1 Å². The molecule has 0 saturated carbocycles. The van der Waals surface area contributed by atoms with Gasteiger partial charge in [0, 0.05) is 23.2 Å². The standard InChI is InChI=1S/C26H20N2O7/c29-21(27-14-6-9-16-7-2-1-3-8-16)15-35-26(32)20-13-12-19-22(23(20)28(33)34)25(31)18-11-5-4-10-17(18)24(19)30/h1-5,7-8,10-13H,6,9,14-15H2,(H,27,29). The molecule has 3 aromatic rings. The number of hydrogen-bond donors (Lipinski definition) is 1. The van der Waals surface area contributed by atoms with Gasteiger partial charge in [0.2, 0.25) is 5.78 Å². The molecular weight excluding hydrogens is 452 g/mol. The summed E-state index contributed by atoms with van der Waals surface area (Å²) < 4.78 is 4.97. The van der Waals surface area contributed by atoms with Crippen molar-refractivity contribution in [3.63, 3.8) is 0 Å². The van der Waals surface area contributed by atoms with Crippen LogP contribution in [0.3, 0.4) is 0 Å². The van der Waals surface area contributed by atoms with Gasteiger partial charge in [0.15, 0.2) is 12.4 Å². The van der Waals surface area contributed by atoms with Crippen LogP contribution in [0.2, 0.25) is 0 Å². The highest BCUT2D eigenvalue weighted by Crippen LogP contribution is 2.35. The van der Waals surface area contributed by atoms with Crippen LogP contribution in [0.4, 0.5) is 5.69 Å². The Labute approximate surface area is 199 Å². The number of hydrogen-bond acceptors (Lipinski definition) is 7. The fourth-order valence-electron chi connectivity index (χ4n) is 3.95. The number of carbonyl (C=O) groups excluding carboxylic acids is 4. The molecule has 0 aromatic heterocycles. The number of nitrogens with zero attached hydrogens (tertiary/aromatic N) is 1. The molecule has 3 aromatic carbocycles. The first-order chi connectivity index (χ1) is 16.9. The summed E-state index contributed by atoms with van der Waals surface area (Å²) in [5.41, 5.74) is -0.656. The molecule has 0 unspecified atom stereocenters. The maximum atomic E-state index is 13.0. The first kappa shape index (κ1) is 23.5. The number of fused-ring (bicyclic) bond motifs is 2. The third-order valence-corrected chi connectivity index (χ3v) is 5.61. The quantitative estimate of drug-likeness (QED) is 0.180. The van der Waals surface area contributed by atoms with E-state index < -0.39 is 51.8 Å². The highest BCUT2D eigenvalue weighted by atomic mass is 16.6. The number of esters is 1. The van der Waals surface area contributed by atoms with Crippen molar-refractivity contribution in [2.45, 2.75) is 12.8 Å². The monoisotopic (exact) mass is 472 g/mol. The summed E-state index contributed by atoms with van der Waals surface area (Å²) in [5, 5.41) is 14.5. The molecule has 0 aliphatic heterocycles. The summed E-state index contributed by atoms with van der Waals surface area (Å²) in [7, 11) is 0. The van der Waals surface area contributed by atoms with E-state index in [2.05, 4.69) is 5.32 Å². The maximum absolute atomic E-state index is 13.0. The van der Waals surface area contributed by atoms with Gasteiger partial charge >= 0.3 is 5.97 Å². The first-order valence-electron chi connectivity index (χ1n) is 10.9. The lowest BCUT2D eigenvalue weighted by atomic mass is 9.82. The Balaban J connectivity index is 1.45. The van der Waals surface area contributed by atoms with Gasteiger partial charge in [-0.3, -0.25) is 24.5 Å². The molecule has 0 radical (unpaired) electrons. The van der Waals surface area contributed by atoms with Crippen LogP contribution in [0, 0.1) is 10.1 Å². The molecule has 9 heteroatoms. The number of carbonyl (C=O) groups is 4. The lowest BCUT2D eigenvalue weighted by Gasteiger charge is -2.18. The van der Waals surface area contributed by atoms with Crippen LogP contribution in [0.15, 0.2) is 66.7 Å². The number of nitrogens with one attached hydrogen (secondary N) is 1. The zero-order valence-corrected chi connectivity index (χ0v) is 18.5. The number of rotatable bonds is 8. The van der Waals surface area contributed by atoms with Crippen molar-refractivity contribution in [1.82, 2.24) is 5.32 Å². The highest BCUT2D eigenvalue weighted by Gasteiger charge is 2.39. The van der Waals surface area contributed by atoms with Gasteiger partial charge in [-0.25, -0.2) is 4.79 Å². The van der Waals surface area contributed by atoms with Gasteiger partial charge in [0.1, 0.15) is 11.1 Å². The number of aryl methyl sites for hydroxylation is 1. The van der Waals surface area contributed by atoms with E-state index in [4.69, 9.17) is 4.74 Å². The SMILES string of the molecule is O=C(COC(=O)c1ccc2c(c1[N+](=O)[O-])C(=O)c1ccccc1C2=O)NCCCc1ccccc1. The minimum atomic E-state index is -1.14. The highest BCUT2D eigenvalue weighted by molar-refractivity contribution is 6.30. The second kappa shape index (κ2) is 10.1. The van der Waals surface area contributed by atoms with Crippen LogP contribution in [-0.4, -0.2) is 41.5 Å². The van der Waals surface area contributed by atoms with E-state index in [-0.39, 0.29) is 16.7 Å². The Kier molecular flexibility index (Phi) is 6.77. The molecule has 1 aliphatic carbocycles. The summed E-state index contributed by atoms with van der Waals surface area (Å²) in [5.74, 6) is -2.98. The zero-order chi connectivity index (χ0) is 24.9. The van der Waals surface area contributed by atoms with E-state index in [1.165, 1.54) is 24.3 Å². The Hall–Kier alpha value is -4.66. The minimum absolute atomic E-state index is 0.0218. The molecule has 0 heterocycles. The molecule has 35 heavy (non-hydrogen) atoms. The molecular formula is C26H20N2O7. The summed E-state index contributed by atoms with van der Waals surface area (Å²) in [4.78, 5) is 61.4. The second-order valence-electron chi connectivity index (χ2n) is 7.86. The van der Waals surface area contributed by atoms with Crippen molar-refractivity contribution in [3.8, 4) is 0 Å². The smallest absolute Gasteiger partial charge is 0.345 e. The van der Waals surface area contributed by atoms with Crippen molar-refractivity contribution < 1.29 is 28.8 Å². The summed E-state index contributed by atoms with van der Waals surface area (Å²) in [6.07, 6.45) is 1.44. The summed E-state index contributed by atoms with van der Waals surface area (Å²) in [6, 6.07) is 18.0. The topological polar surface area (TPSA) is 133 Å². The first-order valence-corrected chi connectivity index (χ1v) is 10.9. The van der Waals surface area contributed by atoms with Crippen molar-refractivity contribution in [1.29, 1.82) is 0 Å². The Morgan fingerprint density at radius 1 is 0.857 bits per heavy atom. The van der Waals surface area contributed by atoms with Gasteiger partial charge in [0.05, 0.1) is 4.92 Å². The van der Waals surface area contributed by atoms with E-state index in [1.807, 2.05) is 30.3 Å². The van der Waals surface area contributed by atoms with Gasteiger partial charge < -0.3 is 10.1 Å². The third-order valence-electron chi connectivity index (χ3n) is 5.61. The number of nitro benzene ring substituents is 1. The molecule has 9 nitrogen and oxygen atoms in total. The largest absolute Gasteiger partial charge is 0.452 e. The number of ketones is 2. The molecule has 1 amide bonds. The number of nitro groups is 1. The van der Waals surface area contributed by atoms with Crippen molar-refractivity contribution in [3.05, 3.63) is 110 Å². The Morgan fingerprint density at radius 3 is 2.20 bits per heavy atom. The minimum Gasteiger partial charge on any atom is -0.452 e. The predicted octanol–water partition coefficient (Wildman–Crippen LogP) is 3.28. The van der Waals surface area contributed by atoms with Crippen molar-refractivity contribution in [2.75, 3.05) is 13.2 Å². The molecule has 0 atom stereocenters. The van der Waals surface area contributed by atoms with Gasteiger partial charge in [-0.05, 0) is 30.5 Å². The zero-order valence-electron chi connectivity index (χ0n) is 18.5. The second-order valence-corrected chi connectivity index (χ2v) is 7.86. The van der Waals surface area contributed by atoms with Crippen LogP contribution in [0.1, 0.15) is 54.2 Å². The molecule has 0 spiro atoms. The number of amides is 1. The lowest BCUT2D eigenvalue weighted by molar-refractivity contribution is -0.385. The van der Waals surface area contributed by atoms with Crippen LogP contribution in [-0.2, 0) is 16.0 Å². The van der Waals surface area contributed by atoms with E-state index in [9.17, 15) is 29.3 Å². The Bertz CT molecular complexity index is 1350. The van der Waals surface area contributed by atoms with Gasteiger partial charge in [0.25, 0.3) is 11.6 Å². The van der Waals surface area contributed by atoms with Crippen molar-refractivity contribution in [2.24, 2.45) is 0 Å². The average molecular weight is 472 g/mol. The molecule has 1 aliphatic rings.